The van der Waals surface area contributed by atoms with Crippen LogP contribution in [0.25, 0.3) is 11.0 Å². The van der Waals surface area contributed by atoms with Crippen LogP contribution in [0.1, 0.15) is 30.1 Å². The van der Waals surface area contributed by atoms with Crippen molar-refractivity contribution in [1.29, 1.82) is 0 Å². The van der Waals surface area contributed by atoms with Crippen molar-refractivity contribution in [2.75, 3.05) is 6.54 Å². The van der Waals surface area contributed by atoms with E-state index in [2.05, 4.69) is 19.9 Å². The number of hydrogen-bond acceptors (Lipinski definition) is 2. The standard InChI is InChI=1S/C24H25ClN4O/c25-20-11-9-18(10-12-20)19(17-29-14-3-4-15-29)16-24(30)26-13-5-8-23-27-21-6-1-2-7-22(21)28-23/h1-4,6-7,9-12,14-15,19H,5,8,13,16-17H2,(H,26,30)(H,27,28)/t19-/m1/s1. The summed E-state index contributed by atoms with van der Waals surface area (Å²) < 4.78 is 2.11. The third-order valence-electron chi connectivity index (χ3n) is 5.22. The number of halogens is 1. The highest BCUT2D eigenvalue weighted by Gasteiger charge is 2.17. The van der Waals surface area contributed by atoms with Crippen LogP contribution in [0.4, 0.5) is 0 Å². The number of nitrogens with zero attached hydrogens (tertiary/aromatic N) is 2. The molecule has 0 aliphatic heterocycles. The number of aryl methyl sites for hydroxylation is 1. The molecule has 154 valence electrons. The highest BCUT2D eigenvalue weighted by Crippen LogP contribution is 2.24. The molecule has 4 aromatic rings. The fraction of sp³-hybridized carbons (Fsp3) is 0.250. The van der Waals surface area contributed by atoms with Gasteiger partial charge in [-0.05, 0) is 48.4 Å². The molecule has 0 spiro atoms. The Balaban J connectivity index is 1.30. The van der Waals surface area contributed by atoms with E-state index in [1.54, 1.807) is 0 Å². The van der Waals surface area contributed by atoms with Crippen LogP contribution in [0.5, 0.6) is 0 Å². The molecular formula is C24H25ClN4O. The van der Waals surface area contributed by atoms with Crippen LogP contribution in [0.3, 0.4) is 0 Å². The molecule has 1 atom stereocenters. The largest absolute Gasteiger partial charge is 0.356 e. The quantitative estimate of drug-likeness (QED) is 0.377. The Morgan fingerprint density at radius 3 is 2.60 bits per heavy atom. The number of fused-ring (bicyclic) bond motifs is 1. The molecule has 1 amide bonds. The van der Waals surface area contributed by atoms with Crippen LogP contribution in [-0.2, 0) is 17.8 Å². The van der Waals surface area contributed by atoms with Gasteiger partial charge >= 0.3 is 0 Å². The summed E-state index contributed by atoms with van der Waals surface area (Å²) in [4.78, 5) is 20.5. The summed E-state index contributed by atoms with van der Waals surface area (Å²) in [5.74, 6) is 1.11. The zero-order valence-electron chi connectivity index (χ0n) is 16.7. The molecular weight excluding hydrogens is 396 g/mol. The molecule has 6 heteroatoms. The van der Waals surface area contributed by atoms with Crippen molar-refractivity contribution in [2.24, 2.45) is 0 Å². The summed E-state index contributed by atoms with van der Waals surface area (Å²) in [5.41, 5.74) is 3.14. The lowest BCUT2D eigenvalue weighted by Gasteiger charge is -2.18. The zero-order valence-corrected chi connectivity index (χ0v) is 17.5. The van der Waals surface area contributed by atoms with Crippen LogP contribution in [0.2, 0.25) is 5.02 Å². The lowest BCUT2D eigenvalue weighted by atomic mass is 9.95. The average Bonchev–Trinajstić information content (AvgIpc) is 3.40. The minimum Gasteiger partial charge on any atom is -0.356 e. The predicted octanol–water partition coefficient (Wildman–Crippen LogP) is 4.94. The number of para-hydroxylation sites is 2. The average molecular weight is 421 g/mol. The van der Waals surface area contributed by atoms with Gasteiger partial charge in [-0.3, -0.25) is 4.79 Å². The molecule has 2 heterocycles. The highest BCUT2D eigenvalue weighted by atomic mass is 35.5. The maximum absolute atomic E-state index is 12.6. The van der Waals surface area contributed by atoms with E-state index in [0.717, 1.165) is 41.8 Å². The summed E-state index contributed by atoms with van der Waals surface area (Å²) in [6, 6.07) is 19.8. The molecule has 2 aromatic carbocycles. The predicted molar refractivity (Wildman–Crippen MR) is 121 cm³/mol. The molecule has 2 aromatic heterocycles. The molecule has 30 heavy (non-hydrogen) atoms. The third kappa shape index (κ3) is 5.30. The van der Waals surface area contributed by atoms with Crippen molar-refractivity contribution in [3.63, 3.8) is 0 Å². The van der Waals surface area contributed by atoms with Gasteiger partial charge in [-0.15, -0.1) is 0 Å². The minimum absolute atomic E-state index is 0.0618. The number of rotatable bonds is 9. The smallest absolute Gasteiger partial charge is 0.220 e. The van der Waals surface area contributed by atoms with Crippen molar-refractivity contribution in [2.45, 2.75) is 31.7 Å². The van der Waals surface area contributed by atoms with Crippen LogP contribution in [0, 0.1) is 0 Å². The molecule has 0 saturated carbocycles. The van der Waals surface area contributed by atoms with Gasteiger partial charge in [0.1, 0.15) is 5.82 Å². The first-order chi connectivity index (χ1) is 14.7. The van der Waals surface area contributed by atoms with Gasteiger partial charge in [0.15, 0.2) is 0 Å². The lowest BCUT2D eigenvalue weighted by Crippen LogP contribution is -2.27. The molecule has 0 unspecified atom stereocenters. The van der Waals surface area contributed by atoms with Crippen molar-refractivity contribution in [1.82, 2.24) is 19.9 Å². The Bertz CT molecular complexity index is 1050. The van der Waals surface area contributed by atoms with Gasteiger partial charge < -0.3 is 14.9 Å². The topological polar surface area (TPSA) is 62.7 Å². The Kier molecular flexibility index (Phi) is 6.50. The number of aromatic amines is 1. The summed E-state index contributed by atoms with van der Waals surface area (Å²) in [5, 5.41) is 3.76. The van der Waals surface area contributed by atoms with E-state index in [1.165, 1.54) is 0 Å². The van der Waals surface area contributed by atoms with Gasteiger partial charge in [0, 0.05) is 49.3 Å². The van der Waals surface area contributed by atoms with E-state index >= 15 is 0 Å². The lowest BCUT2D eigenvalue weighted by molar-refractivity contribution is -0.121. The molecule has 0 aliphatic rings. The SMILES string of the molecule is O=C(C[C@H](Cn1cccc1)c1ccc(Cl)cc1)NCCCc1nc2ccccc2[nH]1. The molecule has 4 rings (SSSR count). The number of aromatic nitrogens is 3. The monoisotopic (exact) mass is 420 g/mol. The number of hydrogen-bond donors (Lipinski definition) is 2. The Labute approximate surface area is 181 Å². The van der Waals surface area contributed by atoms with Gasteiger partial charge in [-0.25, -0.2) is 4.98 Å². The number of benzene rings is 2. The van der Waals surface area contributed by atoms with Crippen LogP contribution in [-0.4, -0.2) is 27.0 Å². The second-order valence-corrected chi connectivity index (χ2v) is 7.92. The number of H-pyrrole nitrogens is 1. The first kappa shape index (κ1) is 20.2. The normalized spacial score (nSPS) is 12.2. The Morgan fingerprint density at radius 1 is 1.07 bits per heavy atom. The van der Waals surface area contributed by atoms with Gasteiger partial charge in [0.25, 0.3) is 0 Å². The number of amides is 1. The summed E-state index contributed by atoms with van der Waals surface area (Å²) in [6.07, 6.45) is 6.13. The molecule has 0 saturated heterocycles. The molecule has 0 bridgehead atoms. The molecule has 2 N–H and O–H groups in total. The maximum atomic E-state index is 12.6. The maximum Gasteiger partial charge on any atom is 0.220 e. The number of imidazole rings is 1. The molecule has 5 nitrogen and oxygen atoms in total. The summed E-state index contributed by atoms with van der Waals surface area (Å²) in [6.45, 7) is 1.38. The first-order valence-corrected chi connectivity index (χ1v) is 10.6. The van der Waals surface area contributed by atoms with Crippen LogP contribution < -0.4 is 5.32 Å². The van der Waals surface area contributed by atoms with E-state index in [9.17, 15) is 4.79 Å². The van der Waals surface area contributed by atoms with Crippen LogP contribution >= 0.6 is 11.6 Å². The van der Waals surface area contributed by atoms with E-state index in [1.807, 2.05) is 73.1 Å². The third-order valence-corrected chi connectivity index (χ3v) is 5.47. The van der Waals surface area contributed by atoms with Crippen molar-refractivity contribution >= 4 is 28.5 Å². The highest BCUT2D eigenvalue weighted by molar-refractivity contribution is 6.30. The zero-order chi connectivity index (χ0) is 20.8. The summed E-state index contributed by atoms with van der Waals surface area (Å²) in [7, 11) is 0. The van der Waals surface area contributed by atoms with Gasteiger partial charge in [-0.1, -0.05) is 35.9 Å². The first-order valence-electron chi connectivity index (χ1n) is 10.2. The Hall–Kier alpha value is -3.05. The second-order valence-electron chi connectivity index (χ2n) is 7.49. The summed E-state index contributed by atoms with van der Waals surface area (Å²) >= 11 is 6.03. The molecule has 0 radical (unpaired) electrons. The van der Waals surface area contributed by atoms with Gasteiger partial charge in [-0.2, -0.15) is 0 Å². The fourth-order valence-electron chi connectivity index (χ4n) is 3.67. The van der Waals surface area contributed by atoms with E-state index in [4.69, 9.17) is 11.6 Å². The van der Waals surface area contributed by atoms with E-state index in [-0.39, 0.29) is 11.8 Å². The van der Waals surface area contributed by atoms with Crippen molar-refractivity contribution < 1.29 is 4.79 Å². The minimum atomic E-state index is 0.0618. The fourth-order valence-corrected chi connectivity index (χ4v) is 3.80. The molecule has 0 aliphatic carbocycles. The van der Waals surface area contributed by atoms with Crippen molar-refractivity contribution in [3.8, 4) is 0 Å². The number of carbonyl (C=O) groups excluding carboxylic acids is 1. The van der Waals surface area contributed by atoms with E-state index < -0.39 is 0 Å². The number of carbonyl (C=O) groups is 1. The second kappa shape index (κ2) is 9.63. The van der Waals surface area contributed by atoms with Crippen LogP contribution in [0.15, 0.2) is 73.1 Å². The van der Waals surface area contributed by atoms with E-state index in [0.29, 0.717) is 18.0 Å². The van der Waals surface area contributed by atoms with Crippen molar-refractivity contribution in [3.05, 3.63) is 89.5 Å². The number of nitrogens with one attached hydrogen (secondary N) is 2. The van der Waals surface area contributed by atoms with Gasteiger partial charge in [0.05, 0.1) is 11.0 Å². The molecule has 0 fully saturated rings. The Morgan fingerprint density at radius 2 is 1.83 bits per heavy atom. The van der Waals surface area contributed by atoms with Gasteiger partial charge in [0.2, 0.25) is 5.91 Å².